The SMILES string of the molecule is CC.CC.O=C(O)c1cc(Cc2n[nH]c(=O)c3ccccc23)ccc1F. The second kappa shape index (κ2) is 10.1. The first-order valence-corrected chi connectivity index (χ1v) is 8.54. The smallest absolute Gasteiger partial charge is 0.338 e. The van der Waals surface area contributed by atoms with Crippen LogP contribution in [0.25, 0.3) is 10.8 Å². The number of halogens is 1. The van der Waals surface area contributed by atoms with Gasteiger partial charge in [0.25, 0.3) is 5.56 Å². The van der Waals surface area contributed by atoms with Crippen LogP contribution in [0, 0.1) is 5.82 Å². The van der Waals surface area contributed by atoms with E-state index >= 15 is 0 Å². The number of aromatic amines is 1. The fraction of sp³-hybridized carbons (Fsp3) is 0.250. The molecule has 3 aromatic rings. The van der Waals surface area contributed by atoms with E-state index in [1.807, 2.05) is 27.7 Å². The Bertz CT molecular complexity index is 936. The number of carboxylic acid groups (broad SMARTS) is 1. The second-order valence-corrected chi connectivity index (χ2v) is 4.84. The summed E-state index contributed by atoms with van der Waals surface area (Å²) in [6, 6.07) is 10.9. The molecule has 0 atom stereocenters. The number of fused-ring (bicyclic) bond motifs is 1. The molecule has 26 heavy (non-hydrogen) atoms. The molecule has 0 saturated carbocycles. The van der Waals surface area contributed by atoms with Gasteiger partial charge in [-0.3, -0.25) is 4.79 Å². The Hall–Kier alpha value is -3.02. The molecule has 138 valence electrons. The minimum atomic E-state index is -1.32. The highest BCUT2D eigenvalue weighted by Crippen LogP contribution is 2.18. The third-order valence-corrected chi connectivity index (χ3v) is 3.41. The fourth-order valence-corrected chi connectivity index (χ4v) is 2.35. The molecule has 1 heterocycles. The summed E-state index contributed by atoms with van der Waals surface area (Å²) in [6.45, 7) is 8.00. The lowest BCUT2D eigenvalue weighted by Gasteiger charge is -2.06. The molecule has 0 saturated heterocycles. The van der Waals surface area contributed by atoms with Gasteiger partial charge in [0, 0.05) is 11.8 Å². The van der Waals surface area contributed by atoms with Gasteiger partial charge in [-0.05, 0) is 23.8 Å². The number of aromatic carboxylic acids is 1. The monoisotopic (exact) mass is 358 g/mol. The standard InChI is InChI=1S/C16H11FN2O3.2C2H6/c17-13-6-5-9(7-12(13)16(21)22)8-14-10-3-1-2-4-11(10)15(20)19-18-14;2*1-2/h1-7H,8H2,(H,19,20)(H,21,22);2*1-2H3. The van der Waals surface area contributed by atoms with Crippen LogP contribution in [0.15, 0.2) is 47.3 Å². The summed E-state index contributed by atoms with van der Waals surface area (Å²) in [4.78, 5) is 22.7. The van der Waals surface area contributed by atoms with Crippen LogP contribution in [0.2, 0.25) is 0 Å². The summed E-state index contributed by atoms with van der Waals surface area (Å²) in [7, 11) is 0. The highest BCUT2D eigenvalue weighted by Gasteiger charge is 2.12. The first-order valence-electron chi connectivity index (χ1n) is 8.54. The molecule has 1 aromatic heterocycles. The lowest BCUT2D eigenvalue weighted by atomic mass is 10.0. The molecule has 5 nitrogen and oxygen atoms in total. The Morgan fingerprint density at radius 1 is 1.08 bits per heavy atom. The van der Waals surface area contributed by atoms with E-state index in [2.05, 4.69) is 10.2 Å². The van der Waals surface area contributed by atoms with Crippen molar-refractivity contribution in [1.82, 2.24) is 10.2 Å². The molecule has 0 radical (unpaired) electrons. The number of carboxylic acids is 1. The van der Waals surface area contributed by atoms with Gasteiger partial charge in [0.05, 0.1) is 16.6 Å². The first kappa shape index (κ1) is 21.0. The topological polar surface area (TPSA) is 83.0 Å². The molecule has 0 aliphatic rings. The van der Waals surface area contributed by atoms with Gasteiger partial charge < -0.3 is 5.11 Å². The predicted molar refractivity (Wildman–Crippen MR) is 101 cm³/mol. The Morgan fingerprint density at radius 3 is 2.31 bits per heavy atom. The summed E-state index contributed by atoms with van der Waals surface area (Å²) in [5, 5.41) is 16.6. The van der Waals surface area contributed by atoms with Crippen molar-refractivity contribution in [3.63, 3.8) is 0 Å². The van der Waals surface area contributed by atoms with E-state index in [1.54, 1.807) is 24.3 Å². The van der Waals surface area contributed by atoms with E-state index in [-0.39, 0.29) is 17.5 Å². The average Bonchev–Trinajstić information content (AvgIpc) is 2.68. The maximum atomic E-state index is 13.4. The van der Waals surface area contributed by atoms with Crippen LogP contribution in [0.5, 0.6) is 0 Å². The van der Waals surface area contributed by atoms with Crippen LogP contribution < -0.4 is 5.56 Å². The van der Waals surface area contributed by atoms with Crippen LogP contribution in [-0.4, -0.2) is 21.3 Å². The average molecular weight is 358 g/mol. The van der Waals surface area contributed by atoms with E-state index in [4.69, 9.17) is 5.11 Å². The van der Waals surface area contributed by atoms with Crippen LogP contribution >= 0.6 is 0 Å². The van der Waals surface area contributed by atoms with Crippen LogP contribution in [-0.2, 0) is 6.42 Å². The lowest BCUT2D eigenvalue weighted by Crippen LogP contribution is -2.11. The van der Waals surface area contributed by atoms with Crippen molar-refractivity contribution in [2.45, 2.75) is 34.1 Å². The zero-order valence-electron chi connectivity index (χ0n) is 15.3. The molecule has 0 aliphatic carbocycles. The van der Waals surface area contributed by atoms with Gasteiger partial charge in [0.15, 0.2) is 0 Å². The summed E-state index contributed by atoms with van der Waals surface area (Å²) in [5.74, 6) is -2.10. The van der Waals surface area contributed by atoms with Crippen molar-refractivity contribution in [2.75, 3.05) is 0 Å². The van der Waals surface area contributed by atoms with Gasteiger partial charge in [0.2, 0.25) is 0 Å². The third kappa shape index (κ3) is 4.75. The van der Waals surface area contributed by atoms with Gasteiger partial charge in [-0.1, -0.05) is 52.0 Å². The molecule has 0 aliphatic heterocycles. The maximum absolute atomic E-state index is 13.4. The minimum absolute atomic E-state index is 0.287. The largest absolute Gasteiger partial charge is 0.478 e. The van der Waals surface area contributed by atoms with Crippen LogP contribution in [0.1, 0.15) is 49.3 Å². The second-order valence-electron chi connectivity index (χ2n) is 4.84. The number of hydrogen-bond donors (Lipinski definition) is 2. The number of rotatable bonds is 3. The number of hydrogen-bond acceptors (Lipinski definition) is 3. The Labute approximate surface area is 151 Å². The summed E-state index contributed by atoms with van der Waals surface area (Å²) in [6.07, 6.45) is 0.290. The van der Waals surface area contributed by atoms with Gasteiger partial charge in [-0.25, -0.2) is 14.3 Å². The van der Waals surface area contributed by atoms with Crippen molar-refractivity contribution in [2.24, 2.45) is 0 Å². The molecule has 0 spiro atoms. The number of nitrogens with zero attached hydrogens (tertiary/aromatic N) is 1. The molecule has 0 bridgehead atoms. The number of aromatic nitrogens is 2. The van der Waals surface area contributed by atoms with Crippen molar-refractivity contribution in [3.05, 3.63) is 75.5 Å². The zero-order valence-corrected chi connectivity index (χ0v) is 15.3. The third-order valence-electron chi connectivity index (χ3n) is 3.41. The van der Waals surface area contributed by atoms with E-state index in [0.29, 0.717) is 22.0 Å². The molecular formula is C20H23FN2O3. The van der Waals surface area contributed by atoms with Gasteiger partial charge in [-0.15, -0.1) is 0 Å². The number of benzene rings is 2. The summed E-state index contributed by atoms with van der Waals surface area (Å²) >= 11 is 0. The fourth-order valence-electron chi connectivity index (χ4n) is 2.35. The maximum Gasteiger partial charge on any atom is 0.338 e. The Morgan fingerprint density at radius 2 is 1.69 bits per heavy atom. The number of nitrogens with one attached hydrogen (secondary N) is 1. The predicted octanol–water partition coefficient (Wildman–Crippen LogP) is 4.40. The normalized spacial score (nSPS) is 9.58. The van der Waals surface area contributed by atoms with E-state index in [9.17, 15) is 14.0 Å². The van der Waals surface area contributed by atoms with Crippen molar-refractivity contribution in [3.8, 4) is 0 Å². The van der Waals surface area contributed by atoms with Gasteiger partial charge >= 0.3 is 5.97 Å². The minimum Gasteiger partial charge on any atom is -0.478 e. The molecule has 0 amide bonds. The van der Waals surface area contributed by atoms with Crippen LogP contribution in [0.3, 0.4) is 0 Å². The van der Waals surface area contributed by atoms with Crippen molar-refractivity contribution < 1.29 is 14.3 Å². The Balaban J connectivity index is 0.000000791. The van der Waals surface area contributed by atoms with Crippen molar-refractivity contribution in [1.29, 1.82) is 0 Å². The number of carbonyl (C=O) groups is 1. The molecule has 2 aromatic carbocycles. The molecule has 6 heteroatoms. The molecule has 2 N–H and O–H groups in total. The first-order chi connectivity index (χ1) is 12.6. The molecule has 0 fully saturated rings. The molecular weight excluding hydrogens is 335 g/mol. The highest BCUT2D eigenvalue weighted by atomic mass is 19.1. The molecule has 3 rings (SSSR count). The summed E-state index contributed by atoms with van der Waals surface area (Å²) < 4.78 is 13.4. The van der Waals surface area contributed by atoms with Crippen molar-refractivity contribution >= 4 is 16.7 Å². The van der Waals surface area contributed by atoms with Crippen LogP contribution in [0.4, 0.5) is 4.39 Å². The number of H-pyrrole nitrogens is 1. The summed E-state index contributed by atoms with van der Waals surface area (Å²) in [5.41, 5.74) is 0.526. The van der Waals surface area contributed by atoms with Gasteiger partial charge in [0.1, 0.15) is 5.82 Å². The zero-order chi connectivity index (χ0) is 19.7. The van der Waals surface area contributed by atoms with Gasteiger partial charge in [-0.2, -0.15) is 5.10 Å². The Kier molecular flexibility index (Phi) is 8.15. The van der Waals surface area contributed by atoms with E-state index in [0.717, 1.165) is 6.07 Å². The molecule has 0 unspecified atom stereocenters. The quantitative estimate of drug-likeness (QED) is 0.727. The van der Waals surface area contributed by atoms with E-state index in [1.165, 1.54) is 12.1 Å². The lowest BCUT2D eigenvalue weighted by molar-refractivity contribution is 0.0691. The highest BCUT2D eigenvalue weighted by molar-refractivity contribution is 5.88. The van der Waals surface area contributed by atoms with E-state index < -0.39 is 11.8 Å².